The van der Waals surface area contributed by atoms with Gasteiger partial charge in [-0.3, -0.25) is 0 Å². The van der Waals surface area contributed by atoms with Crippen LogP contribution >= 0.6 is 0 Å². The zero-order valence-corrected chi connectivity index (χ0v) is 12.3. The summed E-state index contributed by atoms with van der Waals surface area (Å²) in [6, 6.07) is 0. The molecule has 1 aliphatic heterocycles. The second-order valence-electron chi connectivity index (χ2n) is 6.59. The molecule has 1 saturated carbocycles. The Morgan fingerprint density at radius 2 is 1.61 bits per heavy atom. The van der Waals surface area contributed by atoms with Crippen LogP contribution in [0.25, 0.3) is 0 Å². The molecule has 2 rings (SSSR count). The van der Waals surface area contributed by atoms with Gasteiger partial charge >= 0.3 is 0 Å². The number of nitrogens with zero attached hydrogens (tertiary/aromatic N) is 1. The summed E-state index contributed by atoms with van der Waals surface area (Å²) in [7, 11) is 0. The van der Waals surface area contributed by atoms with E-state index in [9.17, 15) is 0 Å². The summed E-state index contributed by atoms with van der Waals surface area (Å²) in [5, 5.41) is 3.70. The second-order valence-corrected chi connectivity index (χ2v) is 6.59. The summed E-state index contributed by atoms with van der Waals surface area (Å²) in [5.74, 6) is 1.93. The van der Waals surface area contributed by atoms with Crippen LogP contribution in [0.3, 0.4) is 0 Å². The fourth-order valence-corrected chi connectivity index (χ4v) is 3.40. The molecular formula is C16H32N2. The third-order valence-electron chi connectivity index (χ3n) is 4.89. The molecule has 0 atom stereocenters. The first-order chi connectivity index (χ1) is 8.84. The summed E-state index contributed by atoms with van der Waals surface area (Å²) in [6.07, 6.45) is 11.6. The minimum absolute atomic E-state index is 0.959. The molecule has 2 aliphatic rings. The number of likely N-dealkylation sites (tertiary alicyclic amines) is 1. The van der Waals surface area contributed by atoms with Crippen LogP contribution in [-0.4, -0.2) is 37.6 Å². The number of nitrogens with one attached hydrogen (secondary N) is 1. The molecule has 0 amide bonds. The topological polar surface area (TPSA) is 15.3 Å². The molecule has 0 unspecified atom stereocenters. The van der Waals surface area contributed by atoms with Crippen LogP contribution in [0, 0.1) is 11.8 Å². The molecule has 0 bridgehead atoms. The maximum Gasteiger partial charge on any atom is 0.0107 e. The largest absolute Gasteiger partial charge is 0.315 e. The minimum atomic E-state index is 0.959. The van der Waals surface area contributed by atoms with Gasteiger partial charge in [-0.25, -0.2) is 0 Å². The van der Waals surface area contributed by atoms with Gasteiger partial charge in [0.05, 0.1) is 0 Å². The standard InChI is InChI=1S/C16H32N2/c1-15-8-11-18(12-9-15)13-10-17-14-16-6-4-2-3-5-7-16/h15-17H,2-14H2,1H3. The lowest BCUT2D eigenvalue weighted by molar-refractivity contribution is 0.192. The molecule has 0 spiro atoms. The second kappa shape index (κ2) is 8.16. The van der Waals surface area contributed by atoms with E-state index >= 15 is 0 Å². The Kier molecular flexibility index (Phi) is 6.50. The fraction of sp³-hybridized carbons (Fsp3) is 1.00. The van der Waals surface area contributed by atoms with Crippen molar-refractivity contribution in [1.29, 1.82) is 0 Å². The summed E-state index contributed by atoms with van der Waals surface area (Å²) in [6.45, 7) is 8.77. The van der Waals surface area contributed by atoms with Crippen molar-refractivity contribution in [3.8, 4) is 0 Å². The molecule has 2 heteroatoms. The Labute approximate surface area is 114 Å². The van der Waals surface area contributed by atoms with Gasteiger partial charge in [0.1, 0.15) is 0 Å². The molecule has 2 fully saturated rings. The normalized spacial score (nSPS) is 25.2. The third-order valence-corrected chi connectivity index (χ3v) is 4.89. The van der Waals surface area contributed by atoms with Crippen molar-refractivity contribution in [2.75, 3.05) is 32.7 Å². The predicted octanol–water partition coefficient (Wildman–Crippen LogP) is 3.28. The average molecular weight is 252 g/mol. The summed E-state index contributed by atoms with van der Waals surface area (Å²) < 4.78 is 0. The summed E-state index contributed by atoms with van der Waals surface area (Å²) >= 11 is 0. The first kappa shape index (κ1) is 14.3. The lowest BCUT2D eigenvalue weighted by atomic mass is 9.99. The van der Waals surface area contributed by atoms with Crippen molar-refractivity contribution < 1.29 is 0 Å². The zero-order valence-electron chi connectivity index (χ0n) is 12.3. The Balaban J connectivity index is 1.50. The highest BCUT2D eigenvalue weighted by molar-refractivity contribution is 4.71. The van der Waals surface area contributed by atoms with Crippen LogP contribution < -0.4 is 5.32 Å². The molecule has 1 heterocycles. The van der Waals surface area contributed by atoms with Crippen molar-refractivity contribution in [1.82, 2.24) is 10.2 Å². The van der Waals surface area contributed by atoms with Gasteiger partial charge in [0.15, 0.2) is 0 Å². The van der Waals surface area contributed by atoms with Gasteiger partial charge in [0.25, 0.3) is 0 Å². The molecule has 0 aromatic heterocycles. The minimum Gasteiger partial charge on any atom is -0.315 e. The number of piperidine rings is 1. The van der Waals surface area contributed by atoms with Gasteiger partial charge in [-0.1, -0.05) is 32.6 Å². The highest BCUT2D eigenvalue weighted by Gasteiger charge is 2.15. The van der Waals surface area contributed by atoms with Gasteiger partial charge in [0, 0.05) is 13.1 Å². The van der Waals surface area contributed by atoms with Crippen molar-refractivity contribution in [3.05, 3.63) is 0 Å². The highest BCUT2D eigenvalue weighted by Crippen LogP contribution is 2.22. The van der Waals surface area contributed by atoms with E-state index in [0.717, 1.165) is 11.8 Å². The van der Waals surface area contributed by atoms with E-state index in [2.05, 4.69) is 17.1 Å². The summed E-state index contributed by atoms with van der Waals surface area (Å²) in [4.78, 5) is 2.64. The van der Waals surface area contributed by atoms with Crippen molar-refractivity contribution in [2.45, 2.75) is 58.3 Å². The molecule has 0 radical (unpaired) electrons. The molecule has 1 N–H and O–H groups in total. The van der Waals surface area contributed by atoms with Gasteiger partial charge in [-0.15, -0.1) is 0 Å². The van der Waals surface area contributed by atoms with E-state index in [1.54, 1.807) is 0 Å². The lowest BCUT2D eigenvalue weighted by Gasteiger charge is -2.30. The average Bonchev–Trinajstić information content (AvgIpc) is 2.65. The van der Waals surface area contributed by atoms with E-state index in [4.69, 9.17) is 0 Å². The monoisotopic (exact) mass is 252 g/mol. The van der Waals surface area contributed by atoms with Crippen LogP contribution in [-0.2, 0) is 0 Å². The van der Waals surface area contributed by atoms with E-state index in [1.165, 1.54) is 84.1 Å². The Morgan fingerprint density at radius 3 is 2.28 bits per heavy atom. The predicted molar refractivity (Wildman–Crippen MR) is 78.9 cm³/mol. The third kappa shape index (κ3) is 5.27. The Hall–Kier alpha value is -0.0800. The van der Waals surface area contributed by atoms with Crippen LogP contribution in [0.2, 0.25) is 0 Å². The van der Waals surface area contributed by atoms with E-state index < -0.39 is 0 Å². The van der Waals surface area contributed by atoms with Crippen molar-refractivity contribution in [2.24, 2.45) is 11.8 Å². The number of rotatable bonds is 5. The van der Waals surface area contributed by atoms with E-state index in [-0.39, 0.29) is 0 Å². The first-order valence-corrected chi connectivity index (χ1v) is 8.27. The summed E-state index contributed by atoms with van der Waals surface area (Å²) in [5.41, 5.74) is 0. The Morgan fingerprint density at radius 1 is 0.944 bits per heavy atom. The van der Waals surface area contributed by atoms with Crippen molar-refractivity contribution in [3.63, 3.8) is 0 Å². The van der Waals surface area contributed by atoms with Crippen LogP contribution in [0.4, 0.5) is 0 Å². The Bertz CT molecular complexity index is 201. The maximum absolute atomic E-state index is 3.70. The number of hydrogen-bond donors (Lipinski definition) is 1. The molecular weight excluding hydrogens is 220 g/mol. The van der Waals surface area contributed by atoms with Gasteiger partial charge in [-0.05, 0) is 57.2 Å². The molecule has 1 aliphatic carbocycles. The fourth-order valence-electron chi connectivity index (χ4n) is 3.40. The van der Waals surface area contributed by atoms with Crippen molar-refractivity contribution >= 4 is 0 Å². The van der Waals surface area contributed by atoms with Crippen LogP contribution in [0.15, 0.2) is 0 Å². The zero-order chi connectivity index (χ0) is 12.6. The maximum atomic E-state index is 3.70. The van der Waals surface area contributed by atoms with E-state index in [1.807, 2.05) is 0 Å². The molecule has 0 aromatic rings. The van der Waals surface area contributed by atoms with Crippen LogP contribution in [0.5, 0.6) is 0 Å². The first-order valence-electron chi connectivity index (χ1n) is 8.27. The SMILES string of the molecule is CC1CCN(CCNCC2CCCCCC2)CC1. The van der Waals surface area contributed by atoms with E-state index in [0.29, 0.717) is 0 Å². The molecule has 1 saturated heterocycles. The van der Waals surface area contributed by atoms with Gasteiger partial charge in [-0.2, -0.15) is 0 Å². The van der Waals surface area contributed by atoms with Crippen LogP contribution in [0.1, 0.15) is 58.3 Å². The molecule has 2 nitrogen and oxygen atoms in total. The van der Waals surface area contributed by atoms with Gasteiger partial charge in [0.2, 0.25) is 0 Å². The smallest absolute Gasteiger partial charge is 0.0107 e. The lowest BCUT2D eigenvalue weighted by Crippen LogP contribution is -2.38. The highest BCUT2D eigenvalue weighted by atomic mass is 15.1. The quantitative estimate of drug-likeness (QED) is 0.597. The number of hydrogen-bond acceptors (Lipinski definition) is 2. The molecule has 0 aromatic carbocycles. The molecule has 18 heavy (non-hydrogen) atoms. The molecule has 106 valence electrons. The van der Waals surface area contributed by atoms with Gasteiger partial charge < -0.3 is 10.2 Å².